The number of halogens is 1. The molecule has 2 heterocycles. The first-order valence-corrected chi connectivity index (χ1v) is 13.9. The van der Waals surface area contributed by atoms with Crippen LogP contribution in [0.5, 0.6) is 0 Å². The number of nitrogens with zero attached hydrogens (tertiary/aromatic N) is 2. The second-order valence-electron chi connectivity index (χ2n) is 10.5. The molecule has 0 spiro atoms. The minimum absolute atomic E-state index is 0.0312. The van der Waals surface area contributed by atoms with Crippen LogP contribution >= 0.6 is 11.6 Å². The van der Waals surface area contributed by atoms with Crippen LogP contribution in [0.15, 0.2) is 23.2 Å². The Labute approximate surface area is 231 Å². The molecule has 212 valence electrons. The summed E-state index contributed by atoms with van der Waals surface area (Å²) < 4.78 is 16.7. The number of amides is 3. The normalized spacial score (nSPS) is 22.2. The van der Waals surface area contributed by atoms with Gasteiger partial charge in [0.25, 0.3) is 0 Å². The Morgan fingerprint density at radius 1 is 1.32 bits per heavy atom. The number of likely N-dealkylation sites (tertiary alicyclic amines) is 1. The van der Waals surface area contributed by atoms with Gasteiger partial charge in [0, 0.05) is 50.3 Å². The Morgan fingerprint density at radius 3 is 2.84 bits per heavy atom. The van der Waals surface area contributed by atoms with E-state index in [1.54, 1.807) is 0 Å². The first kappa shape index (κ1) is 30.2. The van der Waals surface area contributed by atoms with Crippen molar-refractivity contribution >= 4 is 30.4 Å². The van der Waals surface area contributed by atoms with Crippen molar-refractivity contribution in [2.24, 2.45) is 16.8 Å². The summed E-state index contributed by atoms with van der Waals surface area (Å²) in [4.78, 5) is 30.8. The fourth-order valence-corrected chi connectivity index (χ4v) is 5.73. The van der Waals surface area contributed by atoms with Crippen LogP contribution in [0.25, 0.3) is 0 Å². The summed E-state index contributed by atoms with van der Waals surface area (Å²) in [6.45, 7) is 11.7. The number of benzene rings is 1. The Morgan fingerprint density at radius 2 is 2.13 bits per heavy atom. The third kappa shape index (κ3) is 8.32. The SMILES string of the molecule is C=N[C@H](CNC(=O)N1CCC[C@@H]([C@@](C)(OCCNC(=O)OC)c2cc(Cl)ccc2C)C1)C[C@H]1CCCOC1. The summed E-state index contributed by atoms with van der Waals surface area (Å²) in [5.74, 6) is 0.494. The van der Waals surface area contributed by atoms with Crippen molar-refractivity contribution in [2.75, 3.05) is 53.1 Å². The van der Waals surface area contributed by atoms with Crippen molar-refractivity contribution < 1.29 is 23.8 Å². The first-order chi connectivity index (χ1) is 18.3. The van der Waals surface area contributed by atoms with E-state index < -0.39 is 11.7 Å². The van der Waals surface area contributed by atoms with Crippen molar-refractivity contribution in [1.29, 1.82) is 0 Å². The second-order valence-corrected chi connectivity index (χ2v) is 10.9. The maximum absolute atomic E-state index is 13.2. The smallest absolute Gasteiger partial charge is 0.406 e. The number of carbonyl (C=O) groups is 2. The summed E-state index contributed by atoms with van der Waals surface area (Å²) in [6.07, 6.45) is 4.32. The van der Waals surface area contributed by atoms with E-state index >= 15 is 0 Å². The van der Waals surface area contributed by atoms with Crippen molar-refractivity contribution in [2.45, 2.75) is 57.6 Å². The number of rotatable bonds is 11. The molecule has 1 aromatic carbocycles. The van der Waals surface area contributed by atoms with Gasteiger partial charge in [-0.05, 0) is 81.8 Å². The molecule has 3 amide bonds. The lowest BCUT2D eigenvalue weighted by atomic mass is 9.76. The number of urea groups is 1. The number of hydrogen-bond acceptors (Lipinski definition) is 6. The van der Waals surface area contributed by atoms with Gasteiger partial charge in [0.05, 0.1) is 25.4 Å². The molecule has 1 aromatic rings. The summed E-state index contributed by atoms with van der Waals surface area (Å²) in [7, 11) is 1.33. The van der Waals surface area contributed by atoms with Gasteiger partial charge in [-0.15, -0.1) is 0 Å². The van der Waals surface area contributed by atoms with Crippen molar-refractivity contribution in [3.8, 4) is 0 Å². The third-order valence-electron chi connectivity index (χ3n) is 7.79. The molecule has 0 unspecified atom stereocenters. The number of aryl methyl sites for hydroxylation is 1. The molecular weight excluding hydrogens is 508 g/mol. The Hall–Kier alpha value is -2.36. The van der Waals surface area contributed by atoms with Crippen LogP contribution in [0, 0.1) is 18.8 Å². The second kappa shape index (κ2) is 14.7. The summed E-state index contributed by atoms with van der Waals surface area (Å²) >= 11 is 6.39. The third-order valence-corrected chi connectivity index (χ3v) is 8.02. The zero-order valence-electron chi connectivity index (χ0n) is 23.0. The predicted molar refractivity (Wildman–Crippen MR) is 149 cm³/mol. The van der Waals surface area contributed by atoms with Gasteiger partial charge in [-0.1, -0.05) is 17.7 Å². The molecule has 0 aromatic heterocycles. The van der Waals surface area contributed by atoms with Gasteiger partial charge in [0.2, 0.25) is 0 Å². The van der Waals surface area contributed by atoms with Gasteiger partial charge < -0.3 is 29.7 Å². The quantitative estimate of drug-likeness (QED) is 0.311. The van der Waals surface area contributed by atoms with E-state index in [9.17, 15) is 9.59 Å². The molecule has 3 rings (SSSR count). The van der Waals surface area contributed by atoms with Crippen molar-refractivity contribution in [3.05, 3.63) is 34.3 Å². The van der Waals surface area contributed by atoms with E-state index in [2.05, 4.69) is 34.0 Å². The lowest BCUT2D eigenvalue weighted by Crippen LogP contribution is -2.52. The van der Waals surface area contributed by atoms with E-state index in [4.69, 9.17) is 21.1 Å². The molecule has 38 heavy (non-hydrogen) atoms. The molecular formula is C28H43ClN4O5. The molecule has 9 nitrogen and oxygen atoms in total. The molecule has 0 saturated carbocycles. The van der Waals surface area contributed by atoms with E-state index in [0.29, 0.717) is 37.1 Å². The fourth-order valence-electron chi connectivity index (χ4n) is 5.56. The van der Waals surface area contributed by atoms with E-state index in [-0.39, 0.29) is 24.6 Å². The molecule has 2 aliphatic heterocycles. The van der Waals surface area contributed by atoms with Crippen LogP contribution in [0.1, 0.15) is 50.2 Å². The molecule has 0 bridgehead atoms. The largest absolute Gasteiger partial charge is 0.453 e. The van der Waals surface area contributed by atoms with E-state index in [1.807, 2.05) is 30.0 Å². The van der Waals surface area contributed by atoms with Crippen LogP contribution in [0.4, 0.5) is 9.59 Å². The molecule has 2 N–H and O–H groups in total. The van der Waals surface area contributed by atoms with Crippen LogP contribution in [0.2, 0.25) is 5.02 Å². The van der Waals surface area contributed by atoms with Gasteiger partial charge >= 0.3 is 12.1 Å². The van der Waals surface area contributed by atoms with Gasteiger partial charge in [-0.2, -0.15) is 0 Å². The highest BCUT2D eigenvalue weighted by atomic mass is 35.5. The van der Waals surface area contributed by atoms with Gasteiger partial charge in [0.1, 0.15) is 0 Å². The number of piperidine rings is 1. The molecule has 0 aliphatic carbocycles. The zero-order valence-corrected chi connectivity index (χ0v) is 23.7. The summed E-state index contributed by atoms with van der Waals surface area (Å²) in [5.41, 5.74) is 1.34. The number of nitrogens with one attached hydrogen (secondary N) is 2. The number of carbonyl (C=O) groups excluding carboxylic acids is 2. The standard InChI is InChI=1S/C28H43ClN4O5/c1-20-9-10-23(29)16-25(20)28(2,38-14-11-31-27(35)36-4)22-8-5-12-33(18-22)26(34)32-17-24(30-3)15-21-7-6-13-37-19-21/h9-10,16,21-22,24H,3,5-8,11-15,17-19H2,1-2,4H3,(H,31,35)(H,32,34)/t21-,22-,24+,28-/m1/s1. The average molecular weight is 551 g/mol. The molecule has 4 atom stereocenters. The highest BCUT2D eigenvalue weighted by molar-refractivity contribution is 6.30. The zero-order chi connectivity index (χ0) is 27.5. The predicted octanol–water partition coefficient (Wildman–Crippen LogP) is 4.54. The van der Waals surface area contributed by atoms with Crippen LogP contribution < -0.4 is 10.6 Å². The van der Waals surface area contributed by atoms with Gasteiger partial charge in [-0.3, -0.25) is 4.99 Å². The van der Waals surface area contributed by atoms with Crippen molar-refractivity contribution in [1.82, 2.24) is 15.5 Å². The highest BCUT2D eigenvalue weighted by Crippen LogP contribution is 2.41. The molecule has 2 saturated heterocycles. The monoisotopic (exact) mass is 550 g/mol. The lowest BCUT2D eigenvalue weighted by Gasteiger charge is -2.44. The Kier molecular flexibility index (Phi) is 11.7. The minimum Gasteiger partial charge on any atom is -0.453 e. The van der Waals surface area contributed by atoms with E-state index in [1.165, 1.54) is 7.11 Å². The molecule has 2 aliphatic rings. The maximum Gasteiger partial charge on any atom is 0.406 e. The maximum atomic E-state index is 13.2. The van der Waals surface area contributed by atoms with Crippen LogP contribution in [-0.4, -0.2) is 82.9 Å². The van der Waals surface area contributed by atoms with E-state index in [0.717, 1.165) is 56.4 Å². The topological polar surface area (TPSA) is 101 Å². The lowest BCUT2D eigenvalue weighted by molar-refractivity contribution is -0.0929. The Bertz CT molecular complexity index is 942. The molecule has 2 fully saturated rings. The van der Waals surface area contributed by atoms with Gasteiger partial charge in [0.15, 0.2) is 0 Å². The number of aliphatic imine (C=N–C) groups is 1. The number of methoxy groups -OCH3 is 1. The average Bonchev–Trinajstić information content (AvgIpc) is 2.94. The minimum atomic E-state index is -0.710. The van der Waals surface area contributed by atoms with Crippen molar-refractivity contribution in [3.63, 3.8) is 0 Å². The first-order valence-electron chi connectivity index (χ1n) is 13.6. The number of hydrogen-bond donors (Lipinski definition) is 2. The fraction of sp³-hybridized carbons (Fsp3) is 0.679. The highest BCUT2D eigenvalue weighted by Gasteiger charge is 2.41. The number of ether oxygens (including phenoxy) is 3. The molecule has 10 heteroatoms. The van der Waals surface area contributed by atoms with Crippen LogP contribution in [-0.2, 0) is 19.8 Å². The van der Waals surface area contributed by atoms with Crippen LogP contribution in [0.3, 0.4) is 0 Å². The summed E-state index contributed by atoms with van der Waals surface area (Å²) in [5, 5.41) is 6.38. The molecule has 0 radical (unpaired) electrons. The number of alkyl carbamates (subject to hydrolysis) is 1. The Balaban J connectivity index is 1.66. The summed E-state index contributed by atoms with van der Waals surface area (Å²) in [6, 6.07) is 5.67. The van der Waals surface area contributed by atoms with Gasteiger partial charge in [-0.25, -0.2) is 9.59 Å².